The van der Waals surface area contributed by atoms with Gasteiger partial charge in [-0.2, -0.15) is 4.37 Å². The van der Waals surface area contributed by atoms with Crippen LogP contribution >= 0.6 is 11.5 Å². The molecule has 1 unspecified atom stereocenters. The van der Waals surface area contributed by atoms with Gasteiger partial charge in [-0.15, -0.1) is 0 Å². The lowest BCUT2D eigenvalue weighted by molar-refractivity contribution is 0.0729. The molecule has 1 aromatic heterocycles. The number of hydrogen-bond acceptors (Lipinski definition) is 4. The first-order chi connectivity index (χ1) is 11.8. The molecule has 2 fully saturated rings. The minimum atomic E-state index is -0.0000567. The van der Waals surface area contributed by atoms with Gasteiger partial charge in [-0.3, -0.25) is 0 Å². The minimum Gasteiger partial charge on any atom is -0.376 e. The summed E-state index contributed by atoms with van der Waals surface area (Å²) in [6.07, 6.45) is 8.84. The average molecular weight is 345 g/mol. The molecular weight excluding hydrogens is 322 g/mol. The second-order valence-corrected chi connectivity index (χ2v) is 7.57. The lowest BCUT2D eigenvalue weighted by atomic mass is 10.1. The fraction of sp³-hybridized carbons (Fsp3) is 0.556. The summed E-state index contributed by atoms with van der Waals surface area (Å²) in [7, 11) is 0. The number of carbonyl (C=O) groups is 1. The maximum absolute atomic E-state index is 12.9. The highest BCUT2D eigenvalue weighted by molar-refractivity contribution is 7.13. The van der Waals surface area contributed by atoms with Crippen molar-refractivity contribution in [1.29, 1.82) is 0 Å². The van der Waals surface area contributed by atoms with Gasteiger partial charge in [0.05, 0.1) is 10.8 Å². The second-order valence-electron chi connectivity index (χ2n) is 6.73. The van der Waals surface area contributed by atoms with Gasteiger partial charge in [0.1, 0.15) is 0 Å². The van der Waals surface area contributed by atoms with Crippen LogP contribution < -0.4 is 5.32 Å². The number of amides is 2. The summed E-state index contributed by atoms with van der Waals surface area (Å²) in [4.78, 5) is 14.9. The third kappa shape index (κ3) is 3.39. The fourth-order valence-corrected chi connectivity index (χ4v) is 4.39. The Balaban J connectivity index is 1.48. The fourth-order valence-electron chi connectivity index (χ4n) is 3.77. The molecule has 1 saturated carbocycles. The van der Waals surface area contributed by atoms with Crippen molar-refractivity contribution in [2.45, 2.75) is 50.7 Å². The first-order valence-corrected chi connectivity index (χ1v) is 9.60. The van der Waals surface area contributed by atoms with Gasteiger partial charge < -0.3 is 15.0 Å². The number of ether oxygens (including phenoxy) is 1. The topological polar surface area (TPSA) is 54.5 Å². The van der Waals surface area contributed by atoms with E-state index in [0.29, 0.717) is 12.6 Å². The summed E-state index contributed by atoms with van der Waals surface area (Å²) >= 11 is 1.47. The Morgan fingerprint density at radius 3 is 2.96 bits per heavy atom. The van der Waals surface area contributed by atoms with E-state index in [1.54, 1.807) is 0 Å². The molecule has 128 valence electrons. The summed E-state index contributed by atoms with van der Waals surface area (Å²) in [6.45, 7) is 1.53. The molecule has 1 atom stereocenters. The molecule has 4 rings (SSSR count). The number of fused-ring (bicyclic) bond motifs is 1. The van der Waals surface area contributed by atoms with Crippen molar-refractivity contribution in [3.8, 4) is 0 Å². The van der Waals surface area contributed by atoms with Crippen LogP contribution in [-0.2, 0) is 4.74 Å². The smallest absolute Gasteiger partial charge is 0.322 e. The van der Waals surface area contributed by atoms with Crippen molar-refractivity contribution >= 4 is 33.3 Å². The quantitative estimate of drug-likeness (QED) is 0.901. The van der Waals surface area contributed by atoms with Crippen molar-refractivity contribution in [2.24, 2.45) is 0 Å². The normalized spacial score (nSPS) is 21.4. The van der Waals surface area contributed by atoms with E-state index in [4.69, 9.17) is 4.74 Å². The molecule has 5 nitrogen and oxygen atoms in total. The number of nitrogens with one attached hydrogen (secondary N) is 1. The molecule has 2 heterocycles. The van der Waals surface area contributed by atoms with Crippen molar-refractivity contribution in [1.82, 2.24) is 9.27 Å². The maximum Gasteiger partial charge on any atom is 0.322 e. The zero-order valence-corrected chi connectivity index (χ0v) is 14.6. The zero-order chi connectivity index (χ0) is 16.4. The van der Waals surface area contributed by atoms with Gasteiger partial charge in [0.2, 0.25) is 0 Å². The first kappa shape index (κ1) is 15.8. The Bertz CT molecular complexity index is 705. The molecule has 2 amide bonds. The number of rotatable bonds is 4. The van der Waals surface area contributed by atoms with Crippen LogP contribution in [0.3, 0.4) is 0 Å². The zero-order valence-electron chi connectivity index (χ0n) is 13.7. The van der Waals surface area contributed by atoms with Crippen molar-refractivity contribution in [3.63, 3.8) is 0 Å². The Hall–Kier alpha value is -1.66. The molecule has 2 aliphatic rings. The Kier molecular flexibility index (Phi) is 4.67. The predicted octanol–water partition coefficient (Wildman–Crippen LogP) is 4.25. The van der Waals surface area contributed by atoms with Crippen molar-refractivity contribution in [2.75, 3.05) is 18.5 Å². The third-order valence-corrected chi connectivity index (χ3v) is 5.83. The Labute approximate surface area is 146 Å². The summed E-state index contributed by atoms with van der Waals surface area (Å²) in [5.74, 6) is 0. The van der Waals surface area contributed by atoms with Crippen LogP contribution in [-0.4, -0.2) is 40.6 Å². The highest BCUT2D eigenvalue weighted by Gasteiger charge is 2.30. The van der Waals surface area contributed by atoms with E-state index >= 15 is 0 Å². The number of benzene rings is 1. The van der Waals surface area contributed by atoms with Gasteiger partial charge in [-0.25, -0.2) is 4.79 Å². The van der Waals surface area contributed by atoms with Gasteiger partial charge in [0, 0.05) is 36.5 Å². The minimum absolute atomic E-state index is 0.0000567. The number of anilines is 1. The van der Waals surface area contributed by atoms with E-state index in [2.05, 4.69) is 9.69 Å². The number of urea groups is 1. The van der Waals surface area contributed by atoms with Crippen molar-refractivity contribution < 1.29 is 9.53 Å². The van der Waals surface area contributed by atoms with Crippen LogP contribution in [0, 0.1) is 0 Å². The van der Waals surface area contributed by atoms with E-state index in [1.165, 1.54) is 24.4 Å². The Morgan fingerprint density at radius 1 is 1.29 bits per heavy atom. The molecule has 2 aromatic rings. The van der Waals surface area contributed by atoms with Gasteiger partial charge in [0.25, 0.3) is 0 Å². The van der Waals surface area contributed by atoms with Gasteiger partial charge in [0.15, 0.2) is 0 Å². The SMILES string of the molecule is O=C(Nc1ccc2sncc2c1)N(CC1CCCO1)C1CCCC1. The number of hydrogen-bond donors (Lipinski definition) is 1. The van der Waals surface area contributed by atoms with E-state index < -0.39 is 0 Å². The summed E-state index contributed by atoms with van der Waals surface area (Å²) in [5.41, 5.74) is 0.836. The molecule has 0 bridgehead atoms. The number of aromatic nitrogens is 1. The summed E-state index contributed by atoms with van der Waals surface area (Å²) in [6, 6.07) is 6.32. The van der Waals surface area contributed by atoms with Crippen LogP contribution in [0.15, 0.2) is 24.4 Å². The van der Waals surface area contributed by atoms with Crippen molar-refractivity contribution in [3.05, 3.63) is 24.4 Å². The van der Waals surface area contributed by atoms with Crippen LogP contribution in [0.2, 0.25) is 0 Å². The highest BCUT2D eigenvalue weighted by Crippen LogP contribution is 2.27. The molecular formula is C18H23N3O2S. The van der Waals surface area contributed by atoms with E-state index in [-0.39, 0.29) is 12.1 Å². The molecule has 1 aromatic carbocycles. The molecule has 1 aliphatic heterocycles. The lowest BCUT2D eigenvalue weighted by Gasteiger charge is -2.31. The second kappa shape index (κ2) is 7.07. The molecule has 6 heteroatoms. The third-order valence-electron chi connectivity index (χ3n) is 5.05. The molecule has 1 aliphatic carbocycles. The van der Waals surface area contributed by atoms with Crippen LogP contribution in [0.1, 0.15) is 38.5 Å². The summed E-state index contributed by atoms with van der Waals surface area (Å²) in [5, 5.41) is 4.16. The van der Waals surface area contributed by atoms with Gasteiger partial charge >= 0.3 is 6.03 Å². The Morgan fingerprint density at radius 2 is 2.17 bits per heavy atom. The van der Waals surface area contributed by atoms with E-state index in [9.17, 15) is 4.79 Å². The van der Waals surface area contributed by atoms with Crippen LogP contribution in [0.25, 0.3) is 10.1 Å². The molecule has 1 saturated heterocycles. The average Bonchev–Trinajstić information content (AvgIpc) is 3.33. The molecule has 0 spiro atoms. The van der Waals surface area contributed by atoms with Gasteiger partial charge in [-0.1, -0.05) is 12.8 Å². The van der Waals surface area contributed by atoms with E-state index in [1.807, 2.05) is 29.3 Å². The highest BCUT2D eigenvalue weighted by atomic mass is 32.1. The molecule has 1 N–H and O–H groups in total. The maximum atomic E-state index is 12.9. The molecule has 24 heavy (non-hydrogen) atoms. The first-order valence-electron chi connectivity index (χ1n) is 8.83. The largest absolute Gasteiger partial charge is 0.376 e. The van der Waals surface area contributed by atoms with Crippen LogP contribution in [0.4, 0.5) is 10.5 Å². The number of carbonyl (C=O) groups excluding carboxylic acids is 1. The van der Waals surface area contributed by atoms with Crippen LogP contribution in [0.5, 0.6) is 0 Å². The van der Waals surface area contributed by atoms with Gasteiger partial charge in [-0.05, 0) is 55.4 Å². The molecule has 0 radical (unpaired) electrons. The predicted molar refractivity (Wildman–Crippen MR) is 96.6 cm³/mol. The lowest BCUT2D eigenvalue weighted by Crippen LogP contribution is -2.45. The van der Waals surface area contributed by atoms with E-state index in [0.717, 1.165) is 48.1 Å². The monoisotopic (exact) mass is 345 g/mol. The standard InChI is InChI=1S/C18H23N3O2S/c22-18(20-14-7-8-17-13(10-14)11-19-24-17)21(15-4-1-2-5-15)12-16-6-3-9-23-16/h7-8,10-11,15-16H,1-6,9,12H2,(H,20,22). The number of nitrogens with zero attached hydrogens (tertiary/aromatic N) is 2. The summed E-state index contributed by atoms with van der Waals surface area (Å²) < 4.78 is 11.1.